The third-order valence-corrected chi connectivity index (χ3v) is 5.20. The lowest BCUT2D eigenvalue weighted by atomic mass is 9.82. The van der Waals surface area contributed by atoms with Gasteiger partial charge in [-0.3, -0.25) is 0 Å². The minimum Gasteiger partial charge on any atom is -0.389 e. The van der Waals surface area contributed by atoms with E-state index in [1.807, 2.05) is 6.92 Å². The molecule has 1 aromatic rings. The largest absolute Gasteiger partial charge is 0.389 e. The highest BCUT2D eigenvalue weighted by atomic mass is 32.2. The molecule has 6 heteroatoms. The van der Waals surface area contributed by atoms with E-state index < -0.39 is 10.0 Å². The highest BCUT2D eigenvalue weighted by Gasteiger charge is 2.24. The Morgan fingerprint density at radius 2 is 1.90 bits per heavy atom. The van der Waals surface area contributed by atoms with Crippen LogP contribution in [0.5, 0.6) is 0 Å². The SMILES string of the molecule is CC(CNS(=O)(=O)c1ccccc1C(N)=S)C(C)(C)C. The van der Waals surface area contributed by atoms with E-state index in [9.17, 15) is 8.42 Å². The molecule has 0 fully saturated rings. The van der Waals surface area contributed by atoms with Crippen LogP contribution in [0.4, 0.5) is 0 Å². The van der Waals surface area contributed by atoms with E-state index in [0.717, 1.165) is 0 Å². The number of sulfonamides is 1. The van der Waals surface area contributed by atoms with Gasteiger partial charge in [0.2, 0.25) is 10.0 Å². The fourth-order valence-electron chi connectivity index (χ4n) is 1.52. The Hall–Kier alpha value is -0.980. The van der Waals surface area contributed by atoms with Crippen molar-refractivity contribution in [1.82, 2.24) is 4.72 Å². The average molecular weight is 314 g/mol. The van der Waals surface area contributed by atoms with Gasteiger partial charge in [-0.1, -0.05) is 58.1 Å². The molecule has 0 heterocycles. The van der Waals surface area contributed by atoms with Crippen molar-refractivity contribution in [3.63, 3.8) is 0 Å². The Morgan fingerprint density at radius 3 is 2.40 bits per heavy atom. The van der Waals surface area contributed by atoms with Crippen LogP contribution in [-0.2, 0) is 10.0 Å². The molecule has 0 spiro atoms. The van der Waals surface area contributed by atoms with Gasteiger partial charge in [0.1, 0.15) is 4.99 Å². The molecular formula is C14H22N2O2S2. The summed E-state index contributed by atoms with van der Waals surface area (Å²) < 4.78 is 27.4. The summed E-state index contributed by atoms with van der Waals surface area (Å²) in [5.41, 5.74) is 5.98. The molecule has 0 aliphatic heterocycles. The summed E-state index contributed by atoms with van der Waals surface area (Å²) in [6, 6.07) is 6.50. The van der Waals surface area contributed by atoms with E-state index in [4.69, 9.17) is 18.0 Å². The fraction of sp³-hybridized carbons (Fsp3) is 0.500. The average Bonchev–Trinajstić information content (AvgIpc) is 2.34. The Labute approximate surface area is 126 Å². The first-order valence-corrected chi connectivity index (χ1v) is 8.33. The Bertz CT molecular complexity index is 589. The molecule has 0 aliphatic rings. The van der Waals surface area contributed by atoms with Crippen molar-refractivity contribution in [2.75, 3.05) is 6.54 Å². The van der Waals surface area contributed by atoms with Crippen LogP contribution in [0.3, 0.4) is 0 Å². The summed E-state index contributed by atoms with van der Waals surface area (Å²) in [5, 5.41) is 0. The van der Waals surface area contributed by atoms with Gasteiger partial charge in [-0.2, -0.15) is 0 Å². The molecule has 0 radical (unpaired) electrons. The quantitative estimate of drug-likeness (QED) is 0.818. The Morgan fingerprint density at radius 1 is 1.35 bits per heavy atom. The van der Waals surface area contributed by atoms with Crippen molar-refractivity contribution < 1.29 is 8.42 Å². The van der Waals surface area contributed by atoms with Crippen LogP contribution in [0.25, 0.3) is 0 Å². The van der Waals surface area contributed by atoms with Gasteiger partial charge in [0.25, 0.3) is 0 Å². The molecule has 1 rings (SSSR count). The second kappa shape index (κ2) is 6.20. The van der Waals surface area contributed by atoms with E-state index in [2.05, 4.69) is 25.5 Å². The van der Waals surface area contributed by atoms with Crippen LogP contribution >= 0.6 is 12.2 Å². The van der Waals surface area contributed by atoms with Crippen molar-refractivity contribution in [2.24, 2.45) is 17.1 Å². The molecule has 1 aromatic carbocycles. The maximum Gasteiger partial charge on any atom is 0.241 e. The van der Waals surface area contributed by atoms with Crippen LogP contribution in [0.15, 0.2) is 29.2 Å². The number of hydrogen-bond donors (Lipinski definition) is 2. The number of nitrogens with two attached hydrogens (primary N) is 1. The summed E-state index contributed by atoms with van der Waals surface area (Å²) in [4.78, 5) is 0.212. The van der Waals surface area contributed by atoms with Crippen molar-refractivity contribution in [3.8, 4) is 0 Å². The summed E-state index contributed by atoms with van der Waals surface area (Å²) in [6.07, 6.45) is 0. The third kappa shape index (κ3) is 4.26. The van der Waals surface area contributed by atoms with E-state index in [-0.39, 0.29) is 21.2 Å². The summed E-state index contributed by atoms with van der Waals surface area (Å²) in [5.74, 6) is 0.203. The summed E-state index contributed by atoms with van der Waals surface area (Å²) in [6.45, 7) is 8.62. The first-order valence-electron chi connectivity index (χ1n) is 6.44. The van der Waals surface area contributed by atoms with Gasteiger partial charge in [-0.25, -0.2) is 13.1 Å². The van der Waals surface area contributed by atoms with E-state index >= 15 is 0 Å². The molecule has 0 bridgehead atoms. The van der Waals surface area contributed by atoms with Crippen LogP contribution in [0, 0.1) is 11.3 Å². The molecule has 0 aliphatic carbocycles. The number of rotatable bonds is 5. The molecule has 0 amide bonds. The van der Waals surface area contributed by atoms with Crippen molar-refractivity contribution >= 4 is 27.2 Å². The molecule has 4 nitrogen and oxygen atoms in total. The predicted molar refractivity (Wildman–Crippen MR) is 86.1 cm³/mol. The molecule has 0 saturated heterocycles. The molecule has 3 N–H and O–H groups in total. The minimum absolute atomic E-state index is 0.0329. The van der Waals surface area contributed by atoms with Crippen LogP contribution in [0.1, 0.15) is 33.3 Å². The second-order valence-electron chi connectivity index (χ2n) is 5.98. The molecule has 20 heavy (non-hydrogen) atoms. The lowest BCUT2D eigenvalue weighted by Gasteiger charge is -2.27. The topological polar surface area (TPSA) is 72.2 Å². The monoisotopic (exact) mass is 314 g/mol. The lowest BCUT2D eigenvalue weighted by Crippen LogP contribution is -2.34. The van der Waals surface area contributed by atoms with Gasteiger partial charge < -0.3 is 5.73 Å². The zero-order valence-corrected chi connectivity index (χ0v) is 13.9. The minimum atomic E-state index is -3.61. The zero-order valence-electron chi connectivity index (χ0n) is 12.3. The van der Waals surface area contributed by atoms with Crippen LogP contribution in [-0.4, -0.2) is 20.0 Å². The van der Waals surface area contributed by atoms with Gasteiger partial charge in [-0.05, 0) is 17.4 Å². The zero-order chi connectivity index (χ0) is 15.6. The normalized spacial score (nSPS) is 14.0. The Kier molecular flexibility index (Phi) is 5.29. The molecular weight excluding hydrogens is 292 g/mol. The van der Waals surface area contributed by atoms with Crippen molar-refractivity contribution in [2.45, 2.75) is 32.6 Å². The predicted octanol–water partition coefficient (Wildman–Crippen LogP) is 2.28. The molecule has 1 atom stereocenters. The van der Waals surface area contributed by atoms with Gasteiger partial charge in [0.15, 0.2) is 0 Å². The van der Waals surface area contributed by atoms with Gasteiger partial charge in [0.05, 0.1) is 4.90 Å². The third-order valence-electron chi connectivity index (χ3n) is 3.50. The van der Waals surface area contributed by atoms with Gasteiger partial charge in [0, 0.05) is 12.1 Å². The number of hydrogen-bond acceptors (Lipinski definition) is 3. The highest BCUT2D eigenvalue weighted by molar-refractivity contribution is 7.89. The Balaban J connectivity index is 2.99. The number of thiocarbonyl (C=S) groups is 1. The van der Waals surface area contributed by atoms with Gasteiger partial charge >= 0.3 is 0 Å². The lowest BCUT2D eigenvalue weighted by molar-refractivity contribution is 0.263. The molecule has 0 saturated carbocycles. The maximum atomic E-state index is 12.4. The first kappa shape index (κ1) is 17.1. The van der Waals surface area contributed by atoms with E-state index in [1.54, 1.807) is 18.2 Å². The molecule has 112 valence electrons. The number of benzene rings is 1. The fourth-order valence-corrected chi connectivity index (χ4v) is 3.12. The van der Waals surface area contributed by atoms with Crippen LogP contribution in [0.2, 0.25) is 0 Å². The molecule has 1 unspecified atom stereocenters. The van der Waals surface area contributed by atoms with E-state index in [0.29, 0.717) is 12.1 Å². The standard InChI is InChI=1S/C14H22N2O2S2/c1-10(14(2,3)4)9-16-20(17,18)12-8-6-5-7-11(12)13(15)19/h5-8,10,16H,9H2,1-4H3,(H2,15,19). The van der Waals surface area contributed by atoms with E-state index in [1.165, 1.54) is 6.07 Å². The smallest absolute Gasteiger partial charge is 0.241 e. The van der Waals surface area contributed by atoms with Crippen LogP contribution < -0.4 is 10.5 Å². The summed E-state index contributed by atoms with van der Waals surface area (Å²) in [7, 11) is -3.61. The maximum absolute atomic E-state index is 12.4. The number of nitrogens with one attached hydrogen (secondary N) is 1. The molecule has 0 aromatic heterocycles. The van der Waals surface area contributed by atoms with Crippen molar-refractivity contribution in [3.05, 3.63) is 29.8 Å². The summed E-state index contributed by atoms with van der Waals surface area (Å²) >= 11 is 4.90. The van der Waals surface area contributed by atoms with Gasteiger partial charge in [-0.15, -0.1) is 0 Å². The first-order chi connectivity index (χ1) is 9.05. The van der Waals surface area contributed by atoms with Crippen molar-refractivity contribution in [1.29, 1.82) is 0 Å². The highest BCUT2D eigenvalue weighted by Crippen LogP contribution is 2.25. The second-order valence-corrected chi connectivity index (χ2v) is 8.15.